The van der Waals surface area contributed by atoms with Crippen molar-refractivity contribution < 1.29 is 23.9 Å². The minimum absolute atomic E-state index is 0.0344. The van der Waals surface area contributed by atoms with E-state index in [0.717, 1.165) is 4.90 Å². The third kappa shape index (κ3) is 3.38. The molecule has 1 fully saturated rings. The number of carbonyl (C=O) groups is 4. The van der Waals surface area contributed by atoms with Crippen LogP contribution in [0.15, 0.2) is 23.8 Å². The number of hydrogen-bond donors (Lipinski definition) is 0. The van der Waals surface area contributed by atoms with Gasteiger partial charge >= 0.3 is 0 Å². The Morgan fingerprint density at radius 2 is 1.64 bits per heavy atom. The quantitative estimate of drug-likeness (QED) is 0.669. The number of ether oxygens (including phenoxy) is 1. The Morgan fingerprint density at radius 3 is 2.18 bits per heavy atom. The van der Waals surface area contributed by atoms with Gasteiger partial charge in [0, 0.05) is 59.7 Å². The second kappa shape index (κ2) is 7.85. The minimum Gasteiger partial charge on any atom is -0.375 e. The summed E-state index contributed by atoms with van der Waals surface area (Å²) in [5, 5.41) is 0. The number of fused-ring (bicyclic) bond motifs is 1. The zero-order chi connectivity index (χ0) is 20.4. The number of piperazine rings is 1. The number of methoxy groups -OCH3 is 1. The predicted octanol–water partition coefficient (Wildman–Crippen LogP) is -0.664. The van der Waals surface area contributed by atoms with Gasteiger partial charge in [-0.25, -0.2) is 9.97 Å². The molecule has 0 saturated carbocycles. The number of rotatable bonds is 4. The minimum atomic E-state index is -0.543. The van der Waals surface area contributed by atoms with E-state index >= 15 is 0 Å². The van der Waals surface area contributed by atoms with Crippen molar-refractivity contribution in [2.24, 2.45) is 0 Å². The topological polar surface area (TPSA) is 113 Å². The molecule has 1 saturated heterocycles. The molecule has 28 heavy (non-hydrogen) atoms. The summed E-state index contributed by atoms with van der Waals surface area (Å²) in [4.78, 5) is 62.8. The monoisotopic (exact) mass is 387 g/mol. The van der Waals surface area contributed by atoms with E-state index in [4.69, 9.17) is 4.74 Å². The predicted molar refractivity (Wildman–Crippen MR) is 96.2 cm³/mol. The summed E-state index contributed by atoms with van der Waals surface area (Å²) in [5.74, 6) is -1.53. The molecular formula is C18H21N5O5. The molecule has 10 nitrogen and oxygen atoms in total. The first-order valence-corrected chi connectivity index (χ1v) is 8.77. The number of likely N-dealkylation sites (N-methyl/N-ethyl adjacent to an activating group) is 1. The molecule has 3 rings (SSSR count). The average Bonchev–Trinajstić information content (AvgIpc) is 2.70. The molecule has 1 aliphatic heterocycles. The summed E-state index contributed by atoms with van der Waals surface area (Å²) < 4.78 is 4.87. The van der Waals surface area contributed by atoms with E-state index in [2.05, 4.69) is 9.97 Å². The van der Waals surface area contributed by atoms with Crippen LogP contribution >= 0.6 is 0 Å². The number of hydrogen-bond acceptors (Lipinski definition) is 8. The van der Waals surface area contributed by atoms with Gasteiger partial charge in [0.2, 0.25) is 17.5 Å². The molecule has 0 radical (unpaired) electrons. The highest BCUT2D eigenvalue weighted by Gasteiger charge is 2.41. The second-order valence-electron chi connectivity index (χ2n) is 6.49. The maximum Gasteiger partial charge on any atom is 0.252 e. The van der Waals surface area contributed by atoms with E-state index in [1.54, 1.807) is 9.80 Å². The van der Waals surface area contributed by atoms with E-state index in [1.807, 2.05) is 0 Å². The summed E-state index contributed by atoms with van der Waals surface area (Å²) in [6.07, 6.45) is 2.68. The first-order chi connectivity index (χ1) is 13.4. The number of allylic oxidation sites excluding steroid dienone is 2. The van der Waals surface area contributed by atoms with Crippen molar-refractivity contribution in [2.75, 3.05) is 46.9 Å². The number of Topliss-reactive ketones (excluding diaryl/α,β-unsaturated/α-hetero) is 2. The number of amides is 2. The highest BCUT2D eigenvalue weighted by molar-refractivity contribution is 6.25. The van der Waals surface area contributed by atoms with Crippen LogP contribution in [0.25, 0.3) is 0 Å². The molecular weight excluding hydrogens is 366 g/mol. The second-order valence-corrected chi connectivity index (χ2v) is 6.49. The van der Waals surface area contributed by atoms with Gasteiger partial charge in [0.05, 0.1) is 0 Å². The Kier molecular flexibility index (Phi) is 5.50. The lowest BCUT2D eigenvalue weighted by molar-refractivity contribution is -0.132. The molecule has 10 heteroatoms. The first-order valence-electron chi connectivity index (χ1n) is 8.77. The molecule has 1 aliphatic carbocycles. The maximum atomic E-state index is 13.2. The van der Waals surface area contributed by atoms with Crippen molar-refractivity contribution in [2.45, 2.75) is 6.92 Å². The highest BCUT2D eigenvalue weighted by Crippen LogP contribution is 2.28. The smallest absolute Gasteiger partial charge is 0.252 e. The fraction of sp³-hybridized carbons (Fsp3) is 0.444. The lowest BCUT2D eigenvalue weighted by Crippen LogP contribution is -2.51. The van der Waals surface area contributed by atoms with Crippen molar-refractivity contribution in [3.8, 4) is 0 Å². The Labute approximate surface area is 161 Å². The molecule has 0 spiro atoms. The van der Waals surface area contributed by atoms with Gasteiger partial charge in [0.1, 0.15) is 29.4 Å². The van der Waals surface area contributed by atoms with Crippen LogP contribution in [0.5, 0.6) is 0 Å². The molecule has 148 valence electrons. The Bertz CT molecular complexity index is 873. The van der Waals surface area contributed by atoms with Gasteiger partial charge in [0.25, 0.3) is 5.91 Å². The summed E-state index contributed by atoms with van der Waals surface area (Å²) in [6, 6.07) is 0. The van der Waals surface area contributed by atoms with Gasteiger partial charge in [-0.3, -0.25) is 19.2 Å². The van der Waals surface area contributed by atoms with Crippen molar-refractivity contribution in [1.82, 2.24) is 24.7 Å². The number of nitrogens with zero attached hydrogens (tertiary/aromatic N) is 5. The molecule has 0 unspecified atom stereocenters. The van der Waals surface area contributed by atoms with Crippen LogP contribution in [0.2, 0.25) is 0 Å². The van der Waals surface area contributed by atoms with Crippen LogP contribution in [0.1, 0.15) is 27.9 Å². The zero-order valence-corrected chi connectivity index (χ0v) is 16.0. The van der Waals surface area contributed by atoms with Crippen LogP contribution in [-0.4, -0.2) is 95.0 Å². The van der Waals surface area contributed by atoms with E-state index in [-0.39, 0.29) is 35.3 Å². The lowest BCUT2D eigenvalue weighted by Gasteiger charge is -2.39. The first kappa shape index (κ1) is 19.6. The molecule has 2 amide bonds. The van der Waals surface area contributed by atoms with Crippen LogP contribution < -0.4 is 0 Å². The molecule has 0 atom stereocenters. The summed E-state index contributed by atoms with van der Waals surface area (Å²) in [7, 11) is 2.80. The van der Waals surface area contributed by atoms with Gasteiger partial charge < -0.3 is 19.4 Å². The van der Waals surface area contributed by atoms with Gasteiger partial charge in [-0.1, -0.05) is 0 Å². The number of ketones is 2. The molecule has 1 aromatic rings. The van der Waals surface area contributed by atoms with E-state index in [9.17, 15) is 19.2 Å². The van der Waals surface area contributed by atoms with Crippen molar-refractivity contribution in [3.05, 3.63) is 35.2 Å². The normalized spacial score (nSPS) is 17.0. The van der Waals surface area contributed by atoms with Crippen LogP contribution in [-0.2, 0) is 14.3 Å². The lowest BCUT2D eigenvalue weighted by atomic mass is 9.96. The fourth-order valence-electron chi connectivity index (χ4n) is 3.30. The standard InChI is InChI=1S/C18H21N5O5/c1-11(24)22-6-8-23(9-7-22)16-15(21(2)12(25)10-28-3)17(26)13-14(18(16)27)20-5-4-19-13/h4-5H,6-10H2,1-3H3. The molecule has 0 bridgehead atoms. The number of aromatic nitrogens is 2. The third-order valence-corrected chi connectivity index (χ3v) is 4.80. The summed E-state index contributed by atoms with van der Waals surface area (Å²) in [5.41, 5.74) is -0.0528. The molecule has 1 aromatic heterocycles. The largest absolute Gasteiger partial charge is 0.375 e. The molecule has 2 aliphatic rings. The van der Waals surface area contributed by atoms with Gasteiger partial charge in [-0.2, -0.15) is 0 Å². The SMILES string of the molecule is COCC(=O)N(C)C1=C(N2CCN(C(C)=O)CC2)C(=O)c2nccnc2C1=O. The van der Waals surface area contributed by atoms with Crippen molar-refractivity contribution in [3.63, 3.8) is 0 Å². The Morgan fingerprint density at radius 1 is 1.07 bits per heavy atom. The zero-order valence-electron chi connectivity index (χ0n) is 16.0. The summed E-state index contributed by atoms with van der Waals surface area (Å²) >= 11 is 0. The van der Waals surface area contributed by atoms with Crippen LogP contribution in [0.3, 0.4) is 0 Å². The fourth-order valence-corrected chi connectivity index (χ4v) is 3.30. The average molecular weight is 387 g/mol. The molecule has 2 heterocycles. The van der Waals surface area contributed by atoms with Crippen molar-refractivity contribution >= 4 is 23.4 Å². The molecule has 0 N–H and O–H groups in total. The third-order valence-electron chi connectivity index (χ3n) is 4.80. The van der Waals surface area contributed by atoms with Crippen molar-refractivity contribution in [1.29, 1.82) is 0 Å². The maximum absolute atomic E-state index is 13.2. The highest BCUT2D eigenvalue weighted by atomic mass is 16.5. The van der Waals surface area contributed by atoms with Gasteiger partial charge in [0.15, 0.2) is 0 Å². The Balaban J connectivity index is 2.05. The van der Waals surface area contributed by atoms with E-state index < -0.39 is 17.5 Å². The van der Waals surface area contributed by atoms with E-state index in [0.29, 0.717) is 26.2 Å². The molecule has 0 aromatic carbocycles. The van der Waals surface area contributed by atoms with Crippen LogP contribution in [0.4, 0.5) is 0 Å². The number of carbonyl (C=O) groups excluding carboxylic acids is 4. The Hall–Kier alpha value is -3.14. The van der Waals surface area contributed by atoms with E-state index in [1.165, 1.54) is 33.5 Å². The summed E-state index contributed by atoms with van der Waals surface area (Å²) in [6.45, 7) is 2.80. The van der Waals surface area contributed by atoms with Gasteiger partial charge in [-0.05, 0) is 0 Å². The van der Waals surface area contributed by atoms with Crippen LogP contribution in [0, 0.1) is 0 Å². The van der Waals surface area contributed by atoms with Gasteiger partial charge in [-0.15, -0.1) is 0 Å².